The fourth-order valence-corrected chi connectivity index (χ4v) is 3.21. The number of hydrogen-bond donors (Lipinski definition) is 2. The van der Waals surface area contributed by atoms with Gasteiger partial charge >= 0.3 is 6.09 Å². The molecular formula is C17H32N2O3S. The Morgan fingerprint density at radius 1 is 1.30 bits per heavy atom. The molecule has 1 rings (SSSR count). The topological polar surface area (TPSA) is 67.4 Å². The molecule has 0 saturated heterocycles. The van der Waals surface area contributed by atoms with E-state index in [-0.39, 0.29) is 22.9 Å². The van der Waals surface area contributed by atoms with Gasteiger partial charge in [0, 0.05) is 12.1 Å². The lowest BCUT2D eigenvalue weighted by Gasteiger charge is -2.38. The first-order chi connectivity index (χ1) is 10.4. The molecule has 0 aromatic rings. The highest BCUT2D eigenvalue weighted by Crippen LogP contribution is 2.32. The number of ether oxygens (including phenoxy) is 1. The second kappa shape index (κ2) is 7.79. The van der Waals surface area contributed by atoms with Crippen molar-refractivity contribution in [2.24, 2.45) is 5.92 Å². The zero-order valence-corrected chi connectivity index (χ0v) is 16.1. The van der Waals surface area contributed by atoms with Crippen LogP contribution in [-0.4, -0.2) is 32.7 Å². The highest BCUT2D eigenvalue weighted by Gasteiger charge is 2.33. The van der Waals surface area contributed by atoms with Crippen LogP contribution in [0.3, 0.4) is 0 Å². The fourth-order valence-electron chi connectivity index (χ4n) is 2.39. The number of nitrogens with one attached hydrogen (secondary N) is 2. The van der Waals surface area contributed by atoms with Crippen LogP contribution in [0.2, 0.25) is 0 Å². The Bertz CT molecular complexity index is 446. The number of carbonyl (C=O) groups excluding carboxylic acids is 1. The highest BCUT2D eigenvalue weighted by atomic mass is 32.2. The zero-order valence-electron chi connectivity index (χ0n) is 15.3. The van der Waals surface area contributed by atoms with Crippen LogP contribution in [0.1, 0.15) is 60.8 Å². The predicted octanol–water partition coefficient (Wildman–Crippen LogP) is 3.29. The fraction of sp³-hybridized carbons (Fsp3) is 0.824. The van der Waals surface area contributed by atoms with Gasteiger partial charge in [-0.1, -0.05) is 6.08 Å². The molecule has 0 radical (unpaired) electrons. The molecule has 134 valence electrons. The summed E-state index contributed by atoms with van der Waals surface area (Å²) in [5, 5.41) is 2.89. The van der Waals surface area contributed by atoms with Gasteiger partial charge in [0.15, 0.2) is 0 Å². The quantitative estimate of drug-likeness (QED) is 0.727. The second-order valence-electron chi connectivity index (χ2n) is 8.26. The molecule has 6 heteroatoms. The summed E-state index contributed by atoms with van der Waals surface area (Å²) in [7, 11) is -1.10. The van der Waals surface area contributed by atoms with Gasteiger partial charge in [-0.3, -0.25) is 0 Å². The van der Waals surface area contributed by atoms with Crippen LogP contribution < -0.4 is 10.0 Å². The molecule has 23 heavy (non-hydrogen) atoms. The summed E-state index contributed by atoms with van der Waals surface area (Å²) >= 11 is 0. The van der Waals surface area contributed by atoms with Crippen LogP contribution in [0.15, 0.2) is 12.7 Å². The average molecular weight is 345 g/mol. The highest BCUT2D eigenvalue weighted by molar-refractivity contribution is 7.84. The molecule has 1 amide bonds. The van der Waals surface area contributed by atoms with Crippen LogP contribution >= 0.6 is 0 Å². The molecule has 1 unspecified atom stereocenters. The maximum atomic E-state index is 12.1. The van der Waals surface area contributed by atoms with E-state index >= 15 is 0 Å². The van der Waals surface area contributed by atoms with Gasteiger partial charge in [-0.15, -0.1) is 6.58 Å². The van der Waals surface area contributed by atoms with Gasteiger partial charge < -0.3 is 10.1 Å². The maximum Gasteiger partial charge on any atom is 0.407 e. The van der Waals surface area contributed by atoms with E-state index in [1.807, 2.05) is 47.6 Å². The van der Waals surface area contributed by atoms with Crippen molar-refractivity contribution in [2.45, 2.75) is 83.2 Å². The molecule has 2 N–H and O–H groups in total. The van der Waals surface area contributed by atoms with Gasteiger partial charge in [0.05, 0.1) is 15.7 Å². The van der Waals surface area contributed by atoms with Crippen molar-refractivity contribution in [3.05, 3.63) is 12.7 Å². The average Bonchev–Trinajstić information content (AvgIpc) is 2.31. The minimum atomic E-state index is -1.10. The van der Waals surface area contributed by atoms with Crippen molar-refractivity contribution < 1.29 is 13.7 Å². The van der Waals surface area contributed by atoms with Gasteiger partial charge in [0.2, 0.25) is 0 Å². The SMILES string of the molecule is C=C[C@@H](CC1CC(NC(=O)OC(C)(C)C)C1)NS(=O)C(C)(C)C. The van der Waals surface area contributed by atoms with E-state index in [1.165, 1.54) is 0 Å². The van der Waals surface area contributed by atoms with Crippen molar-refractivity contribution in [3.63, 3.8) is 0 Å². The Morgan fingerprint density at radius 3 is 2.30 bits per heavy atom. The van der Waals surface area contributed by atoms with Crippen LogP contribution in [0.25, 0.3) is 0 Å². The van der Waals surface area contributed by atoms with Gasteiger partial charge in [-0.05, 0) is 66.7 Å². The Kier molecular flexibility index (Phi) is 6.83. The van der Waals surface area contributed by atoms with Crippen LogP contribution in [0.4, 0.5) is 4.79 Å². The van der Waals surface area contributed by atoms with E-state index in [0.717, 1.165) is 19.3 Å². The van der Waals surface area contributed by atoms with Gasteiger partial charge in [-0.2, -0.15) is 0 Å². The van der Waals surface area contributed by atoms with Crippen molar-refractivity contribution in [3.8, 4) is 0 Å². The molecule has 0 bridgehead atoms. The van der Waals surface area contributed by atoms with Crippen molar-refractivity contribution in [1.29, 1.82) is 0 Å². The van der Waals surface area contributed by atoms with Gasteiger partial charge in [-0.25, -0.2) is 13.7 Å². The molecule has 1 aliphatic rings. The molecular weight excluding hydrogens is 312 g/mol. The molecule has 1 aliphatic carbocycles. The van der Waals surface area contributed by atoms with E-state index in [9.17, 15) is 9.00 Å². The van der Waals surface area contributed by atoms with Crippen LogP contribution in [-0.2, 0) is 15.7 Å². The number of carbonyl (C=O) groups is 1. The predicted molar refractivity (Wildman–Crippen MR) is 95.5 cm³/mol. The summed E-state index contributed by atoms with van der Waals surface area (Å²) in [4.78, 5) is 11.7. The smallest absolute Gasteiger partial charge is 0.407 e. The molecule has 2 atom stereocenters. The number of hydrogen-bond acceptors (Lipinski definition) is 3. The molecule has 1 fully saturated rings. The van der Waals surface area contributed by atoms with E-state index in [2.05, 4.69) is 16.6 Å². The summed E-state index contributed by atoms with van der Waals surface area (Å²) in [6.07, 6.45) is 4.20. The second-order valence-corrected chi connectivity index (χ2v) is 10.3. The molecule has 0 aromatic heterocycles. The summed E-state index contributed by atoms with van der Waals surface area (Å²) in [6.45, 7) is 15.2. The van der Waals surface area contributed by atoms with Gasteiger partial charge in [0.1, 0.15) is 5.60 Å². The van der Waals surface area contributed by atoms with Crippen molar-refractivity contribution >= 4 is 17.1 Å². The normalized spacial score (nSPS) is 24.3. The summed E-state index contributed by atoms with van der Waals surface area (Å²) in [5.74, 6) is 0.502. The number of alkyl carbamates (subject to hydrolysis) is 1. The summed E-state index contributed by atoms with van der Waals surface area (Å²) in [6, 6.07) is 0.205. The molecule has 0 aliphatic heterocycles. The van der Waals surface area contributed by atoms with E-state index < -0.39 is 16.6 Å². The first kappa shape index (κ1) is 20.2. The van der Waals surface area contributed by atoms with Crippen LogP contribution in [0, 0.1) is 5.92 Å². The lowest BCUT2D eigenvalue weighted by Crippen LogP contribution is -2.48. The first-order valence-electron chi connectivity index (χ1n) is 8.21. The molecule has 0 spiro atoms. The third-order valence-corrected chi connectivity index (χ3v) is 5.27. The Morgan fingerprint density at radius 2 is 1.87 bits per heavy atom. The summed E-state index contributed by atoms with van der Waals surface area (Å²) < 4.78 is 20.2. The third-order valence-electron chi connectivity index (χ3n) is 3.64. The van der Waals surface area contributed by atoms with E-state index in [4.69, 9.17) is 4.74 Å². The number of amides is 1. The third kappa shape index (κ3) is 7.48. The molecule has 0 aromatic carbocycles. The Labute approximate surface area is 143 Å². The number of rotatable bonds is 6. The van der Waals surface area contributed by atoms with E-state index in [1.54, 1.807) is 0 Å². The monoisotopic (exact) mass is 344 g/mol. The van der Waals surface area contributed by atoms with Crippen LogP contribution in [0.5, 0.6) is 0 Å². The molecule has 0 heterocycles. The first-order valence-corrected chi connectivity index (χ1v) is 9.36. The maximum absolute atomic E-state index is 12.1. The molecule has 5 nitrogen and oxygen atoms in total. The minimum Gasteiger partial charge on any atom is -0.444 e. The van der Waals surface area contributed by atoms with Gasteiger partial charge in [0.25, 0.3) is 0 Å². The van der Waals surface area contributed by atoms with Crippen molar-refractivity contribution in [1.82, 2.24) is 10.0 Å². The van der Waals surface area contributed by atoms with Crippen molar-refractivity contribution in [2.75, 3.05) is 0 Å². The molecule has 1 saturated carbocycles. The Balaban J connectivity index is 2.32. The lowest BCUT2D eigenvalue weighted by molar-refractivity contribution is 0.0448. The Hall–Kier alpha value is -0.880. The summed E-state index contributed by atoms with van der Waals surface area (Å²) in [5.41, 5.74) is -0.470. The minimum absolute atomic E-state index is 0.0301. The van der Waals surface area contributed by atoms with E-state index in [0.29, 0.717) is 5.92 Å². The largest absolute Gasteiger partial charge is 0.444 e. The zero-order chi connectivity index (χ0) is 17.8. The standard InChI is InChI=1S/C17H32N2O3S/c1-8-13(19-23(21)17(5,6)7)9-12-10-14(11-12)18-15(20)22-16(2,3)4/h8,12-14,19H,1,9-11H2,2-7H3,(H,18,20)/t12?,13-,14?,23?/m0/s1. The lowest BCUT2D eigenvalue weighted by atomic mass is 9.77.